The molecule has 4 amide bonds. The number of nitrogens with one attached hydrogen (secondary N) is 2. The number of benzene rings is 2. The molecule has 3 aliphatic rings. The number of aliphatic hydroxyl groups excluding tert-OH is 1. The molecule has 6 rings (SSSR count). The summed E-state index contributed by atoms with van der Waals surface area (Å²) in [7, 11) is 6.57. The molecule has 2 fully saturated rings. The van der Waals surface area contributed by atoms with E-state index in [1.807, 2.05) is 50.3 Å². The van der Waals surface area contributed by atoms with Crippen molar-refractivity contribution in [2.24, 2.45) is 11.8 Å². The summed E-state index contributed by atoms with van der Waals surface area (Å²) >= 11 is 6.83. The number of ketones is 1. The van der Waals surface area contributed by atoms with Gasteiger partial charge in [0, 0.05) is 77.2 Å². The number of halogens is 1. The van der Waals surface area contributed by atoms with Gasteiger partial charge < -0.3 is 82.2 Å². The number of aryl methyl sites for hydroxylation is 2. The van der Waals surface area contributed by atoms with E-state index in [0.717, 1.165) is 46.4 Å². The SMILES string of the molecule is C.CCN(C)Cc1cc2ccccc2n1CCC(=O)C[C@@H](CO)C(=O)NCCOCCOCCOCCOCCOCCOCCC(=O)N(C)[C@@H](C)C(=O)O[C@H]1CC(=O)N(C)c2cc(cc(C)c2Cl)C/C(C)=C/C=C/[C@@H](OC)[C@]2(O)C[C@H](OC(=O)N2)[C@@H](C)C2O[C@]21C. The van der Waals surface area contributed by atoms with Crippen LogP contribution in [0.15, 0.2) is 66.3 Å². The Hall–Kier alpha value is -5.87. The number of nitrogens with zero attached hydrogens (tertiary/aromatic N) is 4. The Morgan fingerprint density at radius 2 is 1.52 bits per heavy atom. The lowest BCUT2D eigenvalue weighted by molar-refractivity contribution is -0.162. The van der Waals surface area contributed by atoms with Crippen LogP contribution in [0.4, 0.5) is 10.5 Å². The Labute approximate surface area is 547 Å². The van der Waals surface area contributed by atoms with Gasteiger partial charge in [0.15, 0.2) is 5.72 Å². The Morgan fingerprint density at radius 1 is 0.902 bits per heavy atom. The van der Waals surface area contributed by atoms with Crippen LogP contribution in [0.25, 0.3) is 10.9 Å². The zero-order valence-electron chi connectivity index (χ0n) is 54.7. The Morgan fingerprint density at radius 3 is 2.14 bits per heavy atom. The van der Waals surface area contributed by atoms with Crippen LogP contribution in [0.5, 0.6) is 0 Å². The first kappa shape index (κ1) is 76.8. The van der Waals surface area contributed by atoms with Crippen molar-refractivity contribution in [2.45, 2.75) is 142 Å². The highest BCUT2D eigenvalue weighted by Gasteiger charge is 2.64. The molecule has 2 aromatic carbocycles. The average Bonchev–Trinajstić information content (AvgIpc) is 1.57. The van der Waals surface area contributed by atoms with Crippen molar-refractivity contribution < 1.29 is 86.3 Å². The van der Waals surface area contributed by atoms with Crippen molar-refractivity contribution in [3.63, 3.8) is 0 Å². The van der Waals surface area contributed by atoms with Crippen LogP contribution in [0.1, 0.15) is 91.0 Å². The molecule has 3 aliphatic heterocycles. The molecule has 0 radical (unpaired) electrons. The summed E-state index contributed by atoms with van der Waals surface area (Å²) in [6.07, 6.45) is 1.01. The van der Waals surface area contributed by atoms with Crippen molar-refractivity contribution in [2.75, 3.05) is 132 Å². The number of rotatable bonds is 35. The average molecular weight is 1310 g/mol. The molecule has 1 unspecified atom stereocenters. The van der Waals surface area contributed by atoms with Gasteiger partial charge in [0.25, 0.3) is 0 Å². The smallest absolute Gasteiger partial charge is 0.409 e. The van der Waals surface area contributed by atoms with Crippen LogP contribution in [-0.2, 0) is 90.9 Å². The molecule has 9 atom stereocenters. The molecule has 4 bridgehead atoms. The zero-order valence-corrected chi connectivity index (χ0v) is 55.4. The number of allylic oxidation sites excluding steroid dienone is 3. The van der Waals surface area contributed by atoms with E-state index in [-0.39, 0.29) is 84.2 Å². The van der Waals surface area contributed by atoms with Crippen LogP contribution in [-0.4, -0.2) is 229 Å². The fraction of sp³-hybridized carbons (Fsp3) is 0.642. The van der Waals surface area contributed by atoms with Crippen LogP contribution >= 0.6 is 11.6 Å². The molecule has 1 aromatic heterocycles. The van der Waals surface area contributed by atoms with Crippen molar-refractivity contribution in [1.82, 2.24) is 25.0 Å². The number of amides is 4. The number of Topliss-reactive ketones (excluding diaryl/α,β-unsaturated/α-hetero) is 1. The van der Waals surface area contributed by atoms with E-state index in [1.54, 1.807) is 33.0 Å². The molecule has 514 valence electrons. The molecule has 0 saturated carbocycles. The summed E-state index contributed by atoms with van der Waals surface area (Å²) in [5, 5.41) is 28.5. The predicted molar refractivity (Wildman–Crippen MR) is 347 cm³/mol. The van der Waals surface area contributed by atoms with Crippen molar-refractivity contribution in [3.05, 3.63) is 88.1 Å². The third-order valence-electron chi connectivity index (χ3n) is 16.9. The Bertz CT molecular complexity index is 2940. The van der Waals surface area contributed by atoms with Crippen LogP contribution in [0, 0.1) is 18.8 Å². The zero-order chi connectivity index (χ0) is 66.3. The number of carbonyl (C=O) groups excluding carboxylic acids is 6. The third-order valence-corrected chi connectivity index (χ3v) is 17.4. The van der Waals surface area contributed by atoms with Crippen LogP contribution < -0.4 is 15.5 Å². The van der Waals surface area contributed by atoms with E-state index in [9.17, 15) is 39.0 Å². The van der Waals surface area contributed by atoms with Gasteiger partial charge in [-0.25, -0.2) is 9.59 Å². The molecule has 24 nitrogen and oxygen atoms in total. The summed E-state index contributed by atoms with van der Waals surface area (Å²) in [4.78, 5) is 85.3. The van der Waals surface area contributed by atoms with Crippen LogP contribution in [0.3, 0.4) is 0 Å². The van der Waals surface area contributed by atoms with E-state index in [4.69, 9.17) is 59.0 Å². The second kappa shape index (κ2) is 37.9. The van der Waals surface area contributed by atoms with Gasteiger partial charge in [0.05, 0.1) is 121 Å². The molecule has 4 N–H and O–H groups in total. The van der Waals surface area contributed by atoms with E-state index < -0.39 is 84.1 Å². The summed E-state index contributed by atoms with van der Waals surface area (Å²) in [6, 6.07) is 12.9. The highest BCUT2D eigenvalue weighted by molar-refractivity contribution is 6.34. The molecule has 0 spiro atoms. The lowest BCUT2D eigenvalue weighted by Gasteiger charge is -2.42. The number of carbonyl (C=O) groups is 6. The lowest BCUT2D eigenvalue weighted by Crippen LogP contribution is -2.63. The first-order valence-corrected chi connectivity index (χ1v) is 31.8. The molecular weight excluding hydrogens is 1210 g/mol. The van der Waals surface area contributed by atoms with E-state index >= 15 is 0 Å². The van der Waals surface area contributed by atoms with E-state index in [0.29, 0.717) is 76.5 Å². The first-order chi connectivity index (χ1) is 43.5. The number of epoxide rings is 1. The number of para-hydroxylation sites is 1. The summed E-state index contributed by atoms with van der Waals surface area (Å²) in [5.41, 5.74) is 2.14. The maximum atomic E-state index is 14.3. The Kier molecular flexibility index (Phi) is 31.6. The van der Waals surface area contributed by atoms with Gasteiger partial charge in [-0.2, -0.15) is 0 Å². The molecule has 2 saturated heterocycles. The highest BCUT2D eigenvalue weighted by atomic mass is 35.5. The number of methoxy groups -OCH3 is 1. The Balaban J connectivity index is 0.0000154. The first-order valence-electron chi connectivity index (χ1n) is 31.4. The fourth-order valence-corrected chi connectivity index (χ4v) is 11.3. The number of hydrogen-bond donors (Lipinski definition) is 4. The minimum Gasteiger partial charge on any atom is -0.457 e. The summed E-state index contributed by atoms with van der Waals surface area (Å²) in [5.74, 6) is -3.46. The minimum atomic E-state index is -1.85. The highest BCUT2D eigenvalue weighted by Crippen LogP contribution is 2.49. The summed E-state index contributed by atoms with van der Waals surface area (Å²) in [6.45, 7) is 16.4. The van der Waals surface area contributed by atoms with Gasteiger partial charge in [0.1, 0.15) is 35.7 Å². The third kappa shape index (κ3) is 22.4. The van der Waals surface area contributed by atoms with Crippen molar-refractivity contribution >= 4 is 63.8 Å². The van der Waals surface area contributed by atoms with Crippen molar-refractivity contribution in [1.29, 1.82) is 0 Å². The molecule has 25 heteroatoms. The largest absolute Gasteiger partial charge is 0.457 e. The number of esters is 1. The number of anilines is 1. The number of likely N-dealkylation sites (N-methyl/N-ethyl adjacent to an activating group) is 1. The maximum absolute atomic E-state index is 14.3. The van der Waals surface area contributed by atoms with Gasteiger partial charge in [-0.3, -0.25) is 24.5 Å². The fourth-order valence-electron chi connectivity index (χ4n) is 11.1. The number of hydrogen-bond acceptors (Lipinski definition) is 19. The monoisotopic (exact) mass is 1310 g/mol. The molecular formula is C67H101ClN6O18. The number of aromatic nitrogens is 1. The molecule has 0 aliphatic carbocycles. The molecule has 4 heterocycles. The van der Waals surface area contributed by atoms with Gasteiger partial charge in [0.2, 0.25) is 17.7 Å². The van der Waals surface area contributed by atoms with Crippen LogP contribution in [0.2, 0.25) is 5.02 Å². The predicted octanol–water partition coefficient (Wildman–Crippen LogP) is 6.12. The summed E-state index contributed by atoms with van der Waals surface area (Å²) < 4.78 is 59.5. The van der Waals surface area contributed by atoms with Gasteiger partial charge in [-0.1, -0.05) is 80.9 Å². The van der Waals surface area contributed by atoms with Gasteiger partial charge in [-0.15, -0.1) is 0 Å². The normalized spacial score (nSPS) is 23.3. The number of aliphatic hydroxyl groups is 2. The molecule has 92 heavy (non-hydrogen) atoms. The van der Waals surface area contributed by atoms with E-state index in [2.05, 4.69) is 46.2 Å². The minimum absolute atomic E-state index is 0. The number of ether oxygens (including phenoxy) is 10. The van der Waals surface area contributed by atoms with Gasteiger partial charge >= 0.3 is 12.1 Å². The topological polar surface area (TPSA) is 277 Å². The van der Waals surface area contributed by atoms with Crippen molar-refractivity contribution in [3.8, 4) is 0 Å². The second-order valence-electron chi connectivity index (χ2n) is 23.8. The molecule has 3 aromatic rings. The number of fused-ring (bicyclic) bond motifs is 6. The second-order valence-corrected chi connectivity index (χ2v) is 24.2. The quantitative estimate of drug-likeness (QED) is 0.0293. The standard InChI is InChI=1S/C66H97ClN6O18.CH4/c1-11-70(7)42-51-38-49-16-12-13-17-53(49)73(51)22-19-52(75)39-50(43-74)62(78)68-21-24-84-26-28-86-30-32-88-34-33-87-31-29-85-27-25-83-23-20-58(76)71(8)47(5)63(79)90-57-40-59(77)72(9)54-37-48(36-45(3)60(54)67)35-44(2)15-14-18-56(82-10)66(81)41-55(89-64(80)69-66)46(4)61-65(57,6)91-61;/h12-18,36-38,46-47,50,55-57,61,74,81H,11,19-35,39-43H2,1-10H3,(H,68,78)(H,69,80);1H4/b18-14+,44-15+;/t46-,47+,50+,55+,56-,57+,61?,65+,66-;/m1./s1. The number of alkyl carbamates (subject to hydrolysis) is 1. The van der Waals surface area contributed by atoms with Gasteiger partial charge in [-0.05, 0) is 82.4 Å². The van der Waals surface area contributed by atoms with E-state index in [1.165, 1.54) is 30.9 Å². The lowest BCUT2D eigenvalue weighted by atomic mass is 9.83. The maximum Gasteiger partial charge on any atom is 0.409 e.